The highest BCUT2D eigenvalue weighted by atomic mass is 79.9. The number of para-hydroxylation sites is 1. The van der Waals surface area contributed by atoms with E-state index in [9.17, 15) is 0 Å². The van der Waals surface area contributed by atoms with Gasteiger partial charge in [0.05, 0.1) is 6.04 Å². The fourth-order valence-corrected chi connectivity index (χ4v) is 3.01. The molecular formula is C18H23BrN2. The Bertz CT molecular complexity index is 610. The second-order valence-electron chi connectivity index (χ2n) is 5.33. The van der Waals surface area contributed by atoms with Crippen LogP contribution in [0.15, 0.2) is 46.9 Å². The average Bonchev–Trinajstić information content (AvgIpc) is 2.49. The van der Waals surface area contributed by atoms with Crippen LogP contribution in [0, 0.1) is 13.8 Å². The molecule has 0 fully saturated rings. The van der Waals surface area contributed by atoms with Crippen molar-refractivity contribution in [3.8, 4) is 0 Å². The van der Waals surface area contributed by atoms with Crippen molar-refractivity contribution in [2.75, 3.05) is 18.0 Å². The number of anilines is 1. The van der Waals surface area contributed by atoms with Crippen LogP contribution in [0.1, 0.15) is 29.7 Å². The Morgan fingerprint density at radius 3 is 2.38 bits per heavy atom. The molecule has 2 rings (SSSR count). The molecule has 21 heavy (non-hydrogen) atoms. The predicted molar refractivity (Wildman–Crippen MR) is 94.9 cm³/mol. The Kier molecular flexibility index (Phi) is 5.43. The van der Waals surface area contributed by atoms with Crippen LogP contribution in [-0.4, -0.2) is 13.1 Å². The number of aryl methyl sites for hydroxylation is 2. The topological polar surface area (TPSA) is 29.3 Å². The largest absolute Gasteiger partial charge is 0.363 e. The minimum atomic E-state index is 0.197. The average molecular weight is 347 g/mol. The van der Waals surface area contributed by atoms with Gasteiger partial charge < -0.3 is 10.6 Å². The third-order valence-electron chi connectivity index (χ3n) is 3.93. The molecule has 2 aromatic rings. The minimum absolute atomic E-state index is 0.197. The van der Waals surface area contributed by atoms with Crippen molar-refractivity contribution in [2.24, 2.45) is 5.73 Å². The lowest BCUT2D eigenvalue weighted by Crippen LogP contribution is -2.34. The van der Waals surface area contributed by atoms with E-state index in [1.807, 2.05) is 0 Å². The summed E-state index contributed by atoms with van der Waals surface area (Å²) in [5.41, 5.74) is 11.2. The van der Waals surface area contributed by atoms with Gasteiger partial charge in [0.25, 0.3) is 0 Å². The highest BCUT2D eigenvalue weighted by Crippen LogP contribution is 2.30. The zero-order valence-electron chi connectivity index (χ0n) is 12.9. The van der Waals surface area contributed by atoms with E-state index in [0.717, 1.165) is 11.0 Å². The molecule has 0 spiro atoms. The number of hydrogen-bond acceptors (Lipinski definition) is 2. The lowest BCUT2D eigenvalue weighted by Gasteiger charge is -2.33. The summed E-state index contributed by atoms with van der Waals surface area (Å²) in [6.07, 6.45) is 0. The molecule has 2 aromatic carbocycles. The van der Waals surface area contributed by atoms with Gasteiger partial charge in [-0.3, -0.25) is 0 Å². The molecule has 0 saturated carbocycles. The second kappa shape index (κ2) is 7.10. The predicted octanol–water partition coefficient (Wildman–Crippen LogP) is 4.59. The molecule has 0 bridgehead atoms. The Hall–Kier alpha value is -1.32. The number of nitrogens with zero attached hydrogens (tertiary/aromatic N) is 1. The summed E-state index contributed by atoms with van der Waals surface area (Å²) in [5.74, 6) is 0. The number of likely N-dealkylation sites (N-methyl/N-ethyl adjacent to an activating group) is 1. The molecule has 0 aliphatic heterocycles. The minimum Gasteiger partial charge on any atom is -0.363 e. The maximum Gasteiger partial charge on any atom is 0.0664 e. The van der Waals surface area contributed by atoms with Gasteiger partial charge in [0.15, 0.2) is 0 Å². The fraction of sp³-hybridized carbons (Fsp3) is 0.333. The van der Waals surface area contributed by atoms with Gasteiger partial charge in [0.2, 0.25) is 0 Å². The number of nitrogens with two attached hydrogens (primary N) is 1. The monoisotopic (exact) mass is 346 g/mol. The van der Waals surface area contributed by atoms with Crippen LogP contribution in [-0.2, 0) is 0 Å². The van der Waals surface area contributed by atoms with Crippen molar-refractivity contribution in [1.29, 1.82) is 0 Å². The van der Waals surface area contributed by atoms with Crippen LogP contribution in [0.5, 0.6) is 0 Å². The number of rotatable bonds is 5. The van der Waals surface area contributed by atoms with E-state index < -0.39 is 0 Å². The normalized spacial score (nSPS) is 12.2. The van der Waals surface area contributed by atoms with E-state index in [4.69, 9.17) is 5.73 Å². The van der Waals surface area contributed by atoms with Gasteiger partial charge in [-0.2, -0.15) is 0 Å². The first-order valence-electron chi connectivity index (χ1n) is 7.36. The van der Waals surface area contributed by atoms with E-state index in [-0.39, 0.29) is 6.04 Å². The summed E-state index contributed by atoms with van der Waals surface area (Å²) >= 11 is 3.57. The summed E-state index contributed by atoms with van der Waals surface area (Å²) in [4.78, 5) is 2.39. The molecule has 0 amide bonds. The van der Waals surface area contributed by atoms with Gasteiger partial charge >= 0.3 is 0 Å². The van der Waals surface area contributed by atoms with Crippen LogP contribution < -0.4 is 10.6 Å². The standard InChI is InChI=1S/C18H23BrN2/c1-4-21(17-8-6-5-7-13(17)2)18(12-20)15-9-10-16(19)14(3)11-15/h5-11,18H,4,12,20H2,1-3H3. The number of hydrogen-bond donors (Lipinski definition) is 1. The first-order chi connectivity index (χ1) is 10.1. The Labute approximate surface area is 136 Å². The van der Waals surface area contributed by atoms with Crippen LogP contribution in [0.3, 0.4) is 0 Å². The summed E-state index contributed by atoms with van der Waals surface area (Å²) in [5, 5.41) is 0. The van der Waals surface area contributed by atoms with E-state index in [1.165, 1.54) is 22.4 Å². The molecule has 3 heteroatoms. The molecule has 1 unspecified atom stereocenters. The van der Waals surface area contributed by atoms with E-state index in [1.54, 1.807) is 0 Å². The number of benzene rings is 2. The van der Waals surface area contributed by atoms with Crippen molar-refractivity contribution in [3.05, 3.63) is 63.6 Å². The quantitative estimate of drug-likeness (QED) is 0.857. The van der Waals surface area contributed by atoms with Crippen LogP contribution >= 0.6 is 15.9 Å². The van der Waals surface area contributed by atoms with Crippen molar-refractivity contribution in [3.63, 3.8) is 0 Å². The first-order valence-corrected chi connectivity index (χ1v) is 8.16. The molecule has 0 aromatic heterocycles. The van der Waals surface area contributed by atoms with Crippen molar-refractivity contribution < 1.29 is 0 Å². The summed E-state index contributed by atoms with van der Waals surface area (Å²) < 4.78 is 1.14. The highest BCUT2D eigenvalue weighted by molar-refractivity contribution is 9.10. The van der Waals surface area contributed by atoms with Gasteiger partial charge in [-0.1, -0.05) is 46.3 Å². The first kappa shape index (κ1) is 16.1. The zero-order valence-corrected chi connectivity index (χ0v) is 14.5. The van der Waals surface area contributed by atoms with Gasteiger partial charge in [-0.15, -0.1) is 0 Å². The van der Waals surface area contributed by atoms with Crippen molar-refractivity contribution in [1.82, 2.24) is 0 Å². The van der Waals surface area contributed by atoms with Gasteiger partial charge in [0, 0.05) is 23.2 Å². The highest BCUT2D eigenvalue weighted by Gasteiger charge is 2.19. The molecule has 112 valence electrons. The number of halogens is 1. The lowest BCUT2D eigenvalue weighted by atomic mass is 10.0. The maximum atomic E-state index is 6.10. The van der Waals surface area contributed by atoms with Crippen molar-refractivity contribution >= 4 is 21.6 Å². The zero-order chi connectivity index (χ0) is 15.4. The molecule has 0 aliphatic carbocycles. The SMILES string of the molecule is CCN(c1ccccc1C)C(CN)c1ccc(Br)c(C)c1. The molecule has 0 heterocycles. The molecule has 2 N–H and O–H groups in total. The Morgan fingerprint density at radius 1 is 1.10 bits per heavy atom. The van der Waals surface area contributed by atoms with Crippen LogP contribution in [0.4, 0.5) is 5.69 Å². The Morgan fingerprint density at radius 2 is 1.81 bits per heavy atom. The van der Waals surface area contributed by atoms with Gasteiger partial charge in [0.1, 0.15) is 0 Å². The molecule has 0 aliphatic rings. The van der Waals surface area contributed by atoms with E-state index in [0.29, 0.717) is 6.54 Å². The van der Waals surface area contributed by atoms with Crippen molar-refractivity contribution in [2.45, 2.75) is 26.8 Å². The van der Waals surface area contributed by atoms with Gasteiger partial charge in [-0.25, -0.2) is 0 Å². The summed E-state index contributed by atoms with van der Waals surface area (Å²) in [6, 6.07) is 15.2. The summed E-state index contributed by atoms with van der Waals surface area (Å²) in [6.45, 7) is 7.98. The Balaban J connectivity index is 2.42. The molecular weight excluding hydrogens is 324 g/mol. The van der Waals surface area contributed by atoms with Crippen LogP contribution in [0.25, 0.3) is 0 Å². The lowest BCUT2D eigenvalue weighted by molar-refractivity contribution is 0.641. The smallest absolute Gasteiger partial charge is 0.0664 e. The van der Waals surface area contributed by atoms with Crippen LogP contribution in [0.2, 0.25) is 0 Å². The maximum absolute atomic E-state index is 6.10. The molecule has 0 saturated heterocycles. The molecule has 1 atom stereocenters. The summed E-state index contributed by atoms with van der Waals surface area (Å²) in [7, 11) is 0. The fourth-order valence-electron chi connectivity index (χ4n) is 2.76. The molecule has 2 nitrogen and oxygen atoms in total. The third-order valence-corrected chi connectivity index (χ3v) is 4.82. The van der Waals surface area contributed by atoms with Gasteiger partial charge in [-0.05, 0) is 49.6 Å². The van der Waals surface area contributed by atoms with E-state index >= 15 is 0 Å². The molecule has 0 radical (unpaired) electrons. The third kappa shape index (κ3) is 3.47. The second-order valence-corrected chi connectivity index (χ2v) is 6.19. The van der Waals surface area contributed by atoms with E-state index in [2.05, 4.69) is 84.1 Å².